The van der Waals surface area contributed by atoms with Crippen LogP contribution in [0.2, 0.25) is 0 Å². The molecule has 0 radical (unpaired) electrons. The van der Waals surface area contributed by atoms with E-state index in [2.05, 4.69) is 10.3 Å². The van der Waals surface area contributed by atoms with Gasteiger partial charge in [-0.1, -0.05) is 30.3 Å². The average molecular weight is 258 g/mol. The fraction of sp³-hybridized carbons (Fsp3) is 0.267. The number of hydrogen-bond donors (Lipinski definition) is 3. The van der Waals surface area contributed by atoms with Gasteiger partial charge in [0.15, 0.2) is 0 Å². The first-order valence-electron chi connectivity index (χ1n) is 6.26. The summed E-state index contributed by atoms with van der Waals surface area (Å²) in [6.45, 7) is 2.72. The first kappa shape index (κ1) is 13.5. The number of aryl methyl sites for hydroxylation is 1. The largest absolute Gasteiger partial charge is 0.506 e. The van der Waals surface area contributed by atoms with Crippen LogP contribution >= 0.6 is 0 Å². The standard InChI is InChI=1S/C15H18N2O2/c1-11-7-8-14(18)13(17-11)9-16-10-15(19)12-5-3-2-4-6-12/h2-8,15-16,18-19H,9-10H2,1H3. The molecule has 0 saturated carbocycles. The molecule has 0 bridgehead atoms. The molecule has 0 aliphatic heterocycles. The van der Waals surface area contributed by atoms with Crippen molar-refractivity contribution in [3.8, 4) is 5.75 Å². The Bertz CT molecular complexity index is 529. The van der Waals surface area contributed by atoms with Gasteiger partial charge >= 0.3 is 0 Å². The number of benzene rings is 1. The summed E-state index contributed by atoms with van der Waals surface area (Å²) < 4.78 is 0. The smallest absolute Gasteiger partial charge is 0.138 e. The maximum atomic E-state index is 9.98. The van der Waals surface area contributed by atoms with Crippen LogP contribution in [-0.4, -0.2) is 21.7 Å². The molecule has 2 rings (SSSR count). The first-order valence-corrected chi connectivity index (χ1v) is 6.26. The van der Waals surface area contributed by atoms with Crippen molar-refractivity contribution in [2.45, 2.75) is 19.6 Å². The molecule has 0 aliphatic rings. The molecule has 1 atom stereocenters. The second kappa shape index (κ2) is 6.31. The minimum atomic E-state index is -0.562. The lowest BCUT2D eigenvalue weighted by Gasteiger charge is -2.12. The molecule has 1 heterocycles. The lowest BCUT2D eigenvalue weighted by atomic mass is 10.1. The topological polar surface area (TPSA) is 65.4 Å². The van der Waals surface area contributed by atoms with E-state index >= 15 is 0 Å². The number of nitrogens with one attached hydrogen (secondary N) is 1. The van der Waals surface area contributed by atoms with Crippen LogP contribution in [0.1, 0.15) is 23.1 Å². The maximum absolute atomic E-state index is 9.98. The first-order chi connectivity index (χ1) is 9.16. The highest BCUT2D eigenvalue weighted by Crippen LogP contribution is 2.15. The molecule has 4 nitrogen and oxygen atoms in total. The predicted octanol–water partition coefficient (Wildman–Crippen LogP) is 1.92. The van der Waals surface area contributed by atoms with E-state index in [1.807, 2.05) is 37.3 Å². The summed E-state index contributed by atoms with van der Waals surface area (Å²) in [6, 6.07) is 12.9. The van der Waals surface area contributed by atoms with Gasteiger partial charge in [0.25, 0.3) is 0 Å². The van der Waals surface area contributed by atoms with Crippen LogP contribution < -0.4 is 5.32 Å². The Morgan fingerprint density at radius 1 is 1.16 bits per heavy atom. The minimum absolute atomic E-state index is 0.173. The molecule has 0 amide bonds. The van der Waals surface area contributed by atoms with E-state index in [0.29, 0.717) is 18.8 Å². The Hall–Kier alpha value is -1.91. The molecule has 19 heavy (non-hydrogen) atoms. The Kier molecular flexibility index (Phi) is 4.49. The number of aromatic hydroxyl groups is 1. The van der Waals surface area contributed by atoms with E-state index in [1.165, 1.54) is 0 Å². The van der Waals surface area contributed by atoms with E-state index in [1.54, 1.807) is 12.1 Å². The number of aromatic nitrogens is 1. The molecule has 0 aliphatic carbocycles. The molecule has 2 aromatic rings. The monoisotopic (exact) mass is 258 g/mol. The van der Waals surface area contributed by atoms with Crippen LogP contribution in [0, 0.1) is 6.92 Å². The summed E-state index contributed by atoms with van der Waals surface area (Å²) in [6.07, 6.45) is -0.562. The molecule has 1 aromatic heterocycles. The summed E-state index contributed by atoms with van der Waals surface area (Å²) in [5.74, 6) is 0.173. The van der Waals surface area contributed by atoms with Gasteiger partial charge in [-0.25, -0.2) is 0 Å². The molecule has 3 N–H and O–H groups in total. The average Bonchev–Trinajstić information content (AvgIpc) is 2.43. The third-order valence-corrected chi connectivity index (χ3v) is 2.90. The molecule has 0 saturated heterocycles. The summed E-state index contributed by atoms with van der Waals surface area (Å²) in [5, 5.41) is 22.7. The number of rotatable bonds is 5. The van der Waals surface area contributed by atoms with Gasteiger partial charge < -0.3 is 15.5 Å². The van der Waals surface area contributed by atoms with Crippen LogP contribution in [0.5, 0.6) is 5.75 Å². The van der Waals surface area contributed by atoms with Crippen LogP contribution in [-0.2, 0) is 6.54 Å². The van der Waals surface area contributed by atoms with Gasteiger partial charge in [-0.05, 0) is 24.6 Å². The molecule has 100 valence electrons. The third kappa shape index (κ3) is 3.77. The zero-order valence-corrected chi connectivity index (χ0v) is 10.9. The van der Waals surface area contributed by atoms with Crippen LogP contribution in [0.3, 0.4) is 0 Å². The number of hydrogen-bond acceptors (Lipinski definition) is 4. The summed E-state index contributed by atoms with van der Waals surface area (Å²) in [7, 11) is 0. The van der Waals surface area contributed by atoms with Crippen molar-refractivity contribution in [1.82, 2.24) is 10.3 Å². The van der Waals surface area contributed by atoms with Crippen molar-refractivity contribution >= 4 is 0 Å². The lowest BCUT2D eigenvalue weighted by Crippen LogP contribution is -2.21. The Morgan fingerprint density at radius 3 is 2.63 bits per heavy atom. The van der Waals surface area contributed by atoms with E-state index in [-0.39, 0.29) is 5.75 Å². The highest BCUT2D eigenvalue weighted by molar-refractivity contribution is 5.27. The molecular weight excluding hydrogens is 240 g/mol. The van der Waals surface area contributed by atoms with Crippen molar-refractivity contribution in [1.29, 1.82) is 0 Å². The van der Waals surface area contributed by atoms with E-state index in [4.69, 9.17) is 0 Å². The van der Waals surface area contributed by atoms with Crippen molar-refractivity contribution < 1.29 is 10.2 Å². The van der Waals surface area contributed by atoms with Crippen LogP contribution in [0.15, 0.2) is 42.5 Å². The zero-order valence-electron chi connectivity index (χ0n) is 10.9. The summed E-state index contributed by atoms with van der Waals surface area (Å²) in [5.41, 5.74) is 2.33. The van der Waals surface area contributed by atoms with Crippen molar-refractivity contribution in [2.75, 3.05) is 6.54 Å². The van der Waals surface area contributed by atoms with Crippen molar-refractivity contribution in [3.63, 3.8) is 0 Å². The fourth-order valence-electron chi connectivity index (χ4n) is 1.85. The molecule has 0 fully saturated rings. The van der Waals surface area contributed by atoms with E-state index in [0.717, 1.165) is 11.3 Å². The molecule has 4 heteroatoms. The van der Waals surface area contributed by atoms with Gasteiger partial charge in [0, 0.05) is 18.8 Å². The van der Waals surface area contributed by atoms with Gasteiger partial charge in [0.1, 0.15) is 5.75 Å². The fourth-order valence-corrected chi connectivity index (χ4v) is 1.85. The summed E-state index contributed by atoms with van der Waals surface area (Å²) >= 11 is 0. The summed E-state index contributed by atoms with van der Waals surface area (Å²) in [4.78, 5) is 4.25. The van der Waals surface area contributed by atoms with Crippen molar-refractivity contribution in [2.24, 2.45) is 0 Å². The third-order valence-electron chi connectivity index (χ3n) is 2.90. The molecule has 1 aromatic carbocycles. The SMILES string of the molecule is Cc1ccc(O)c(CNCC(O)c2ccccc2)n1. The molecule has 1 unspecified atom stereocenters. The number of nitrogens with zero attached hydrogens (tertiary/aromatic N) is 1. The number of pyridine rings is 1. The lowest BCUT2D eigenvalue weighted by molar-refractivity contribution is 0.174. The van der Waals surface area contributed by atoms with Crippen LogP contribution in [0.4, 0.5) is 0 Å². The number of aliphatic hydroxyl groups is 1. The molecule has 0 spiro atoms. The molecular formula is C15H18N2O2. The maximum Gasteiger partial charge on any atom is 0.138 e. The quantitative estimate of drug-likeness (QED) is 0.766. The zero-order chi connectivity index (χ0) is 13.7. The van der Waals surface area contributed by atoms with Crippen LogP contribution in [0.25, 0.3) is 0 Å². The second-order valence-corrected chi connectivity index (χ2v) is 4.48. The minimum Gasteiger partial charge on any atom is -0.506 e. The van der Waals surface area contributed by atoms with E-state index < -0.39 is 6.10 Å². The Morgan fingerprint density at radius 2 is 1.89 bits per heavy atom. The second-order valence-electron chi connectivity index (χ2n) is 4.48. The number of aliphatic hydroxyl groups excluding tert-OH is 1. The van der Waals surface area contributed by atoms with Gasteiger partial charge in [-0.2, -0.15) is 0 Å². The van der Waals surface area contributed by atoms with E-state index in [9.17, 15) is 10.2 Å². The van der Waals surface area contributed by atoms with Gasteiger partial charge in [-0.15, -0.1) is 0 Å². The van der Waals surface area contributed by atoms with Gasteiger partial charge in [-0.3, -0.25) is 4.98 Å². The Balaban J connectivity index is 1.88. The predicted molar refractivity (Wildman–Crippen MR) is 73.7 cm³/mol. The Labute approximate surface area is 112 Å². The highest BCUT2D eigenvalue weighted by Gasteiger charge is 2.07. The van der Waals surface area contributed by atoms with Gasteiger partial charge in [0.05, 0.1) is 11.8 Å². The highest BCUT2D eigenvalue weighted by atomic mass is 16.3. The normalized spacial score (nSPS) is 12.3. The van der Waals surface area contributed by atoms with Gasteiger partial charge in [0.2, 0.25) is 0 Å². The van der Waals surface area contributed by atoms with Crippen molar-refractivity contribution in [3.05, 3.63) is 59.4 Å².